The lowest BCUT2D eigenvalue weighted by molar-refractivity contribution is 0.0527. The van der Waals surface area contributed by atoms with E-state index in [1.807, 2.05) is 36.4 Å². The van der Waals surface area contributed by atoms with Crippen LogP contribution in [0.3, 0.4) is 0 Å². The van der Waals surface area contributed by atoms with E-state index < -0.39 is 21.9 Å². The van der Waals surface area contributed by atoms with Crippen LogP contribution in [0.15, 0.2) is 77.7 Å². The third kappa shape index (κ3) is 5.59. The summed E-state index contributed by atoms with van der Waals surface area (Å²) in [6.07, 6.45) is 0. The molecule has 1 aliphatic rings. The molecule has 3 aromatic carbocycles. The number of hydrogen-bond donors (Lipinski definition) is 1. The van der Waals surface area contributed by atoms with Crippen LogP contribution < -0.4 is 5.32 Å². The van der Waals surface area contributed by atoms with Crippen molar-refractivity contribution in [1.29, 1.82) is 0 Å². The van der Waals surface area contributed by atoms with Crippen molar-refractivity contribution in [1.82, 2.24) is 4.31 Å². The number of rotatable bonds is 7. The van der Waals surface area contributed by atoms with Gasteiger partial charge in [0.1, 0.15) is 0 Å². The standard InChI is InChI=1S/C26H26N2O6S/c1-2-34-26(30)23-18-21(19-6-4-3-5-7-19)10-13-24(23)27-25(29)20-8-11-22(12-9-20)35(31,32)28-14-16-33-17-15-28/h3-13,18H,2,14-17H2,1H3,(H,27,29). The van der Waals surface area contributed by atoms with Crippen molar-refractivity contribution in [3.05, 3.63) is 83.9 Å². The number of ether oxygens (including phenoxy) is 2. The maximum Gasteiger partial charge on any atom is 0.340 e. The number of carbonyl (C=O) groups is 2. The molecule has 1 saturated heterocycles. The maximum absolute atomic E-state index is 12.9. The van der Waals surface area contributed by atoms with Gasteiger partial charge in [-0.15, -0.1) is 0 Å². The van der Waals surface area contributed by atoms with Gasteiger partial charge < -0.3 is 14.8 Å². The molecule has 1 fully saturated rings. The predicted octanol–water partition coefficient (Wildman–Crippen LogP) is 3.80. The van der Waals surface area contributed by atoms with Gasteiger partial charge in [0, 0.05) is 18.7 Å². The topological polar surface area (TPSA) is 102 Å². The molecule has 4 rings (SSSR count). The van der Waals surface area contributed by atoms with Crippen molar-refractivity contribution in [3.8, 4) is 11.1 Å². The Morgan fingerprint density at radius 1 is 0.943 bits per heavy atom. The number of benzene rings is 3. The third-order valence-corrected chi connectivity index (χ3v) is 7.51. The lowest BCUT2D eigenvalue weighted by Crippen LogP contribution is -2.40. The zero-order chi connectivity index (χ0) is 24.8. The van der Waals surface area contributed by atoms with Crippen LogP contribution in [0, 0.1) is 0 Å². The Labute approximate surface area is 204 Å². The highest BCUT2D eigenvalue weighted by molar-refractivity contribution is 7.89. The molecule has 182 valence electrons. The molecule has 3 aromatic rings. The minimum absolute atomic E-state index is 0.107. The quantitative estimate of drug-likeness (QED) is 0.501. The van der Waals surface area contributed by atoms with E-state index in [9.17, 15) is 18.0 Å². The molecular weight excluding hydrogens is 468 g/mol. The molecule has 1 amide bonds. The van der Waals surface area contributed by atoms with E-state index in [0.717, 1.165) is 11.1 Å². The van der Waals surface area contributed by atoms with Crippen LogP contribution in [0.25, 0.3) is 11.1 Å². The van der Waals surface area contributed by atoms with E-state index in [1.54, 1.807) is 19.1 Å². The summed E-state index contributed by atoms with van der Waals surface area (Å²) >= 11 is 0. The van der Waals surface area contributed by atoms with Gasteiger partial charge in [-0.3, -0.25) is 4.79 Å². The van der Waals surface area contributed by atoms with E-state index >= 15 is 0 Å². The van der Waals surface area contributed by atoms with Gasteiger partial charge in [-0.2, -0.15) is 4.31 Å². The second-order valence-electron chi connectivity index (χ2n) is 7.84. The summed E-state index contributed by atoms with van der Waals surface area (Å²) in [7, 11) is -3.66. The molecule has 0 spiro atoms. The summed E-state index contributed by atoms with van der Waals surface area (Å²) < 4.78 is 37.4. The molecule has 0 saturated carbocycles. The maximum atomic E-state index is 12.9. The number of nitrogens with zero attached hydrogens (tertiary/aromatic N) is 1. The molecule has 0 aromatic heterocycles. The van der Waals surface area contributed by atoms with Gasteiger partial charge in [-0.05, 0) is 54.4 Å². The Bertz CT molecular complexity index is 1300. The van der Waals surface area contributed by atoms with Gasteiger partial charge in [-0.25, -0.2) is 13.2 Å². The van der Waals surface area contributed by atoms with Crippen molar-refractivity contribution >= 4 is 27.6 Å². The average molecular weight is 495 g/mol. The summed E-state index contributed by atoms with van der Waals surface area (Å²) in [4.78, 5) is 25.7. The number of carbonyl (C=O) groups excluding carboxylic acids is 2. The zero-order valence-corrected chi connectivity index (χ0v) is 20.1. The van der Waals surface area contributed by atoms with Crippen molar-refractivity contribution in [2.24, 2.45) is 0 Å². The summed E-state index contributed by atoms with van der Waals surface area (Å²) in [6, 6.07) is 20.4. The van der Waals surface area contributed by atoms with Gasteiger partial charge in [0.15, 0.2) is 0 Å². The number of amides is 1. The summed E-state index contributed by atoms with van der Waals surface area (Å²) in [5.74, 6) is -1.02. The number of esters is 1. The normalized spacial score (nSPS) is 14.3. The zero-order valence-electron chi connectivity index (χ0n) is 19.3. The number of anilines is 1. The summed E-state index contributed by atoms with van der Waals surface area (Å²) in [6.45, 7) is 3.20. The molecule has 9 heteroatoms. The molecule has 0 atom stereocenters. The first-order valence-corrected chi connectivity index (χ1v) is 12.7. The van der Waals surface area contributed by atoms with E-state index in [4.69, 9.17) is 9.47 Å². The van der Waals surface area contributed by atoms with Crippen LogP contribution in [0.1, 0.15) is 27.6 Å². The van der Waals surface area contributed by atoms with Crippen molar-refractivity contribution in [3.63, 3.8) is 0 Å². The number of nitrogens with one attached hydrogen (secondary N) is 1. The lowest BCUT2D eigenvalue weighted by Gasteiger charge is -2.26. The second kappa shape index (κ2) is 10.8. The highest BCUT2D eigenvalue weighted by Crippen LogP contribution is 2.27. The smallest absolute Gasteiger partial charge is 0.340 e. The van der Waals surface area contributed by atoms with Crippen LogP contribution in [0.4, 0.5) is 5.69 Å². The largest absolute Gasteiger partial charge is 0.462 e. The summed E-state index contributed by atoms with van der Waals surface area (Å²) in [5.41, 5.74) is 2.52. The first-order chi connectivity index (χ1) is 16.9. The van der Waals surface area contributed by atoms with Crippen LogP contribution in [0.5, 0.6) is 0 Å². The molecule has 1 heterocycles. The fourth-order valence-corrected chi connectivity index (χ4v) is 5.16. The second-order valence-corrected chi connectivity index (χ2v) is 9.78. The molecule has 35 heavy (non-hydrogen) atoms. The Kier molecular flexibility index (Phi) is 7.60. The molecule has 0 aliphatic carbocycles. The van der Waals surface area contributed by atoms with Crippen LogP contribution in [0.2, 0.25) is 0 Å². The first kappa shape index (κ1) is 24.6. The molecule has 1 aliphatic heterocycles. The highest BCUT2D eigenvalue weighted by Gasteiger charge is 2.26. The molecule has 1 N–H and O–H groups in total. The number of sulfonamides is 1. The van der Waals surface area contributed by atoms with Gasteiger partial charge in [0.25, 0.3) is 5.91 Å². The van der Waals surface area contributed by atoms with Crippen LogP contribution in [-0.2, 0) is 19.5 Å². The number of hydrogen-bond acceptors (Lipinski definition) is 6. The Morgan fingerprint density at radius 3 is 2.29 bits per heavy atom. The average Bonchev–Trinajstić information content (AvgIpc) is 2.90. The van der Waals surface area contributed by atoms with Gasteiger partial charge in [-0.1, -0.05) is 36.4 Å². The Morgan fingerprint density at radius 2 is 1.63 bits per heavy atom. The molecule has 0 unspecified atom stereocenters. The van der Waals surface area contributed by atoms with Gasteiger partial charge in [0.05, 0.1) is 36.0 Å². The van der Waals surface area contributed by atoms with Gasteiger partial charge in [0.2, 0.25) is 10.0 Å². The molecule has 8 nitrogen and oxygen atoms in total. The highest BCUT2D eigenvalue weighted by atomic mass is 32.2. The van der Waals surface area contributed by atoms with Crippen LogP contribution >= 0.6 is 0 Å². The lowest BCUT2D eigenvalue weighted by atomic mass is 10.0. The predicted molar refractivity (Wildman–Crippen MR) is 132 cm³/mol. The Balaban J connectivity index is 1.56. The molecule has 0 bridgehead atoms. The minimum atomic E-state index is -3.66. The van der Waals surface area contributed by atoms with Crippen molar-refractivity contribution in [2.45, 2.75) is 11.8 Å². The molecule has 0 radical (unpaired) electrons. The van der Waals surface area contributed by atoms with E-state index in [1.165, 1.54) is 28.6 Å². The fourth-order valence-electron chi connectivity index (χ4n) is 3.75. The van der Waals surface area contributed by atoms with Gasteiger partial charge >= 0.3 is 5.97 Å². The van der Waals surface area contributed by atoms with E-state index in [-0.39, 0.29) is 22.6 Å². The van der Waals surface area contributed by atoms with E-state index in [2.05, 4.69) is 5.32 Å². The number of morpholine rings is 1. The minimum Gasteiger partial charge on any atom is -0.462 e. The Hall–Kier alpha value is -3.53. The van der Waals surface area contributed by atoms with Crippen molar-refractivity contribution in [2.75, 3.05) is 38.2 Å². The fraction of sp³-hybridized carbons (Fsp3) is 0.231. The third-order valence-electron chi connectivity index (χ3n) is 5.59. The van der Waals surface area contributed by atoms with Crippen LogP contribution in [-0.4, -0.2) is 57.5 Å². The first-order valence-electron chi connectivity index (χ1n) is 11.3. The monoisotopic (exact) mass is 494 g/mol. The van der Waals surface area contributed by atoms with Crippen molar-refractivity contribution < 1.29 is 27.5 Å². The summed E-state index contributed by atoms with van der Waals surface area (Å²) in [5, 5.41) is 2.75. The van der Waals surface area contributed by atoms with E-state index in [0.29, 0.717) is 32.0 Å². The molecular formula is C26H26N2O6S. The SMILES string of the molecule is CCOC(=O)c1cc(-c2ccccc2)ccc1NC(=O)c1ccc(S(=O)(=O)N2CCOCC2)cc1.